The Morgan fingerprint density at radius 3 is 2.95 bits per heavy atom. The molecule has 2 atom stereocenters. The van der Waals surface area contributed by atoms with E-state index in [-0.39, 0.29) is 11.9 Å². The predicted octanol–water partition coefficient (Wildman–Crippen LogP) is 1.72. The first kappa shape index (κ1) is 13.0. The van der Waals surface area contributed by atoms with E-state index < -0.39 is 6.10 Å². The first-order valence-electron chi connectivity index (χ1n) is 7.23. The molecule has 1 aliphatic rings. The summed E-state index contributed by atoms with van der Waals surface area (Å²) in [5.74, 6) is -0.241. The SMILES string of the molecule is O=C(N[C@@H]1c2ccccc2C[C@@H]1O)c1cccc2ccnn12. The number of aromatic nitrogens is 2. The fraction of sp³-hybridized carbons (Fsp3) is 0.176. The third-order valence-electron chi connectivity index (χ3n) is 4.14. The van der Waals surface area contributed by atoms with E-state index in [0.717, 1.165) is 16.6 Å². The smallest absolute Gasteiger partial charge is 0.270 e. The van der Waals surface area contributed by atoms with Crippen molar-refractivity contribution in [1.29, 1.82) is 0 Å². The molecule has 4 rings (SSSR count). The first-order chi connectivity index (χ1) is 10.7. The highest BCUT2D eigenvalue weighted by molar-refractivity contribution is 5.93. The average molecular weight is 293 g/mol. The monoisotopic (exact) mass is 293 g/mol. The van der Waals surface area contributed by atoms with Gasteiger partial charge in [-0.3, -0.25) is 4.79 Å². The van der Waals surface area contributed by atoms with Gasteiger partial charge in [0.2, 0.25) is 0 Å². The van der Waals surface area contributed by atoms with Crippen LogP contribution in [-0.2, 0) is 6.42 Å². The molecule has 1 amide bonds. The fourth-order valence-electron chi connectivity index (χ4n) is 3.08. The lowest BCUT2D eigenvalue weighted by Crippen LogP contribution is -2.34. The van der Waals surface area contributed by atoms with Crippen LogP contribution in [0.4, 0.5) is 0 Å². The first-order valence-corrected chi connectivity index (χ1v) is 7.23. The molecule has 0 saturated heterocycles. The number of carbonyl (C=O) groups is 1. The molecule has 2 aromatic heterocycles. The molecule has 0 fully saturated rings. The predicted molar refractivity (Wildman–Crippen MR) is 81.6 cm³/mol. The Morgan fingerprint density at radius 1 is 1.18 bits per heavy atom. The van der Waals surface area contributed by atoms with Gasteiger partial charge in [0.05, 0.1) is 23.9 Å². The molecule has 5 nitrogen and oxygen atoms in total. The minimum atomic E-state index is -0.599. The second kappa shape index (κ2) is 4.96. The summed E-state index contributed by atoms with van der Waals surface area (Å²) < 4.78 is 1.60. The minimum Gasteiger partial charge on any atom is -0.390 e. The summed E-state index contributed by atoms with van der Waals surface area (Å²) in [6, 6.07) is 14.7. The van der Waals surface area contributed by atoms with Gasteiger partial charge in [-0.15, -0.1) is 0 Å². The van der Waals surface area contributed by atoms with Crippen LogP contribution >= 0.6 is 0 Å². The molecule has 110 valence electrons. The Kier molecular flexibility index (Phi) is 2.94. The van der Waals surface area contributed by atoms with Crippen LogP contribution in [0.15, 0.2) is 54.7 Å². The second-order valence-electron chi connectivity index (χ2n) is 5.50. The van der Waals surface area contributed by atoms with E-state index in [1.807, 2.05) is 42.5 Å². The zero-order valence-corrected chi connectivity index (χ0v) is 11.8. The van der Waals surface area contributed by atoms with Crippen molar-refractivity contribution in [3.63, 3.8) is 0 Å². The Balaban J connectivity index is 1.66. The Morgan fingerprint density at radius 2 is 2.05 bits per heavy atom. The van der Waals surface area contributed by atoms with Gasteiger partial charge in [0.25, 0.3) is 5.91 Å². The number of benzene rings is 1. The standard InChI is InChI=1S/C17H15N3O2/c21-15-10-11-4-1-2-6-13(11)16(15)19-17(22)14-7-3-5-12-8-9-18-20(12)14/h1-9,15-16,21H,10H2,(H,19,22)/t15-,16+/m0/s1. The largest absolute Gasteiger partial charge is 0.390 e. The van der Waals surface area contributed by atoms with Crippen LogP contribution in [0.5, 0.6) is 0 Å². The zero-order valence-electron chi connectivity index (χ0n) is 11.8. The molecule has 0 saturated carbocycles. The molecule has 0 aliphatic heterocycles. The molecule has 0 spiro atoms. The number of nitrogens with one attached hydrogen (secondary N) is 1. The lowest BCUT2D eigenvalue weighted by atomic mass is 10.1. The Hall–Kier alpha value is -2.66. The number of nitrogens with zero attached hydrogens (tertiary/aromatic N) is 2. The second-order valence-corrected chi connectivity index (χ2v) is 5.50. The van der Waals surface area contributed by atoms with E-state index >= 15 is 0 Å². The summed E-state index contributed by atoms with van der Waals surface area (Å²) in [6.07, 6.45) is 1.62. The van der Waals surface area contributed by atoms with Crippen molar-refractivity contribution < 1.29 is 9.90 Å². The Labute approximate surface area is 127 Å². The lowest BCUT2D eigenvalue weighted by molar-refractivity contribution is 0.0851. The summed E-state index contributed by atoms with van der Waals surface area (Å²) in [5.41, 5.74) is 3.38. The highest BCUT2D eigenvalue weighted by atomic mass is 16.3. The number of amides is 1. The van der Waals surface area contributed by atoms with E-state index in [2.05, 4.69) is 10.4 Å². The van der Waals surface area contributed by atoms with Crippen LogP contribution < -0.4 is 5.32 Å². The molecule has 5 heteroatoms. The third-order valence-corrected chi connectivity index (χ3v) is 4.14. The number of hydrogen-bond donors (Lipinski definition) is 2. The van der Waals surface area contributed by atoms with Crippen molar-refractivity contribution in [2.45, 2.75) is 18.6 Å². The van der Waals surface area contributed by atoms with Crippen LogP contribution in [0.1, 0.15) is 27.7 Å². The van der Waals surface area contributed by atoms with Gasteiger partial charge in [0.1, 0.15) is 5.69 Å². The van der Waals surface area contributed by atoms with Crippen molar-refractivity contribution in [1.82, 2.24) is 14.9 Å². The van der Waals surface area contributed by atoms with E-state index in [1.54, 1.807) is 16.8 Å². The topological polar surface area (TPSA) is 66.6 Å². The maximum absolute atomic E-state index is 12.6. The summed E-state index contributed by atoms with van der Waals surface area (Å²) in [4.78, 5) is 12.6. The summed E-state index contributed by atoms with van der Waals surface area (Å²) in [6.45, 7) is 0. The number of pyridine rings is 1. The van der Waals surface area contributed by atoms with Crippen molar-refractivity contribution in [3.8, 4) is 0 Å². The molecular formula is C17H15N3O2. The van der Waals surface area contributed by atoms with Gasteiger partial charge in [-0.05, 0) is 29.3 Å². The van der Waals surface area contributed by atoms with Gasteiger partial charge in [-0.2, -0.15) is 5.10 Å². The average Bonchev–Trinajstić information content (AvgIpc) is 3.12. The van der Waals surface area contributed by atoms with Crippen molar-refractivity contribution in [3.05, 3.63) is 71.5 Å². The molecule has 0 radical (unpaired) electrons. The van der Waals surface area contributed by atoms with Gasteiger partial charge in [-0.25, -0.2) is 4.52 Å². The molecule has 2 N–H and O–H groups in total. The summed E-state index contributed by atoms with van der Waals surface area (Å²) in [7, 11) is 0. The van der Waals surface area contributed by atoms with Crippen LogP contribution in [-0.4, -0.2) is 26.7 Å². The number of aliphatic hydroxyl groups is 1. The highest BCUT2D eigenvalue weighted by Crippen LogP contribution is 2.31. The molecule has 0 bridgehead atoms. The molecule has 1 aromatic carbocycles. The number of rotatable bonds is 2. The van der Waals surface area contributed by atoms with Crippen LogP contribution in [0.25, 0.3) is 5.52 Å². The van der Waals surface area contributed by atoms with E-state index in [4.69, 9.17) is 0 Å². The Bertz CT molecular complexity index is 856. The number of hydrogen-bond acceptors (Lipinski definition) is 3. The molecule has 0 unspecified atom stereocenters. The number of fused-ring (bicyclic) bond motifs is 2. The number of carbonyl (C=O) groups excluding carboxylic acids is 1. The quantitative estimate of drug-likeness (QED) is 0.756. The molecule has 1 aliphatic carbocycles. The normalized spacial score (nSPS) is 20.0. The van der Waals surface area contributed by atoms with Crippen LogP contribution in [0, 0.1) is 0 Å². The van der Waals surface area contributed by atoms with Gasteiger partial charge in [-0.1, -0.05) is 30.3 Å². The van der Waals surface area contributed by atoms with Gasteiger partial charge in [0, 0.05) is 6.42 Å². The highest BCUT2D eigenvalue weighted by Gasteiger charge is 2.32. The summed E-state index contributed by atoms with van der Waals surface area (Å²) >= 11 is 0. The zero-order chi connectivity index (χ0) is 15.1. The maximum Gasteiger partial charge on any atom is 0.270 e. The van der Waals surface area contributed by atoms with Gasteiger partial charge < -0.3 is 10.4 Å². The summed E-state index contributed by atoms with van der Waals surface area (Å²) in [5, 5.41) is 17.3. The molecular weight excluding hydrogens is 278 g/mol. The third kappa shape index (κ3) is 1.98. The maximum atomic E-state index is 12.6. The van der Waals surface area contributed by atoms with Crippen molar-refractivity contribution in [2.24, 2.45) is 0 Å². The minimum absolute atomic E-state index is 0.241. The lowest BCUT2D eigenvalue weighted by Gasteiger charge is -2.18. The van der Waals surface area contributed by atoms with Gasteiger partial charge in [0.15, 0.2) is 0 Å². The van der Waals surface area contributed by atoms with E-state index in [9.17, 15) is 9.90 Å². The van der Waals surface area contributed by atoms with Crippen LogP contribution in [0.3, 0.4) is 0 Å². The van der Waals surface area contributed by atoms with Gasteiger partial charge >= 0.3 is 0 Å². The van der Waals surface area contributed by atoms with E-state index in [1.165, 1.54) is 0 Å². The fourth-order valence-corrected chi connectivity index (χ4v) is 3.08. The molecule has 22 heavy (non-hydrogen) atoms. The van der Waals surface area contributed by atoms with Crippen LogP contribution in [0.2, 0.25) is 0 Å². The number of aliphatic hydroxyl groups excluding tert-OH is 1. The van der Waals surface area contributed by atoms with E-state index in [0.29, 0.717) is 12.1 Å². The molecule has 2 heterocycles. The molecule has 3 aromatic rings. The van der Waals surface area contributed by atoms with Crippen molar-refractivity contribution >= 4 is 11.4 Å². The van der Waals surface area contributed by atoms with Crippen molar-refractivity contribution in [2.75, 3.05) is 0 Å².